The standard InChI is InChI=1S/C25H30ClN3O6/c1-5-17-10-16(8-9-34-17)29(25(31)33-7-3)22-19-11-18(15-13-27-28(4)14-15)20(26)12-21(19)35-23(22)24(30)32-6-2/h11-14,16-17H,5-10H2,1-4H3/t16-,17-/m0/s1. The van der Waals surface area contributed by atoms with Gasteiger partial charge in [-0.05, 0) is 39.2 Å². The topological polar surface area (TPSA) is 96.0 Å². The van der Waals surface area contributed by atoms with Crippen LogP contribution in [0.4, 0.5) is 10.5 Å². The molecule has 4 rings (SSSR count). The fourth-order valence-electron chi connectivity index (χ4n) is 4.46. The maximum atomic E-state index is 13.4. The van der Waals surface area contributed by atoms with Crippen molar-refractivity contribution < 1.29 is 28.2 Å². The molecule has 1 amide bonds. The number of aromatic nitrogens is 2. The molecule has 188 valence electrons. The van der Waals surface area contributed by atoms with Crippen LogP contribution < -0.4 is 4.90 Å². The number of rotatable bonds is 7. The van der Waals surface area contributed by atoms with Crippen molar-refractivity contribution in [2.75, 3.05) is 24.7 Å². The van der Waals surface area contributed by atoms with Crippen LogP contribution in [0.5, 0.6) is 0 Å². The molecule has 1 fully saturated rings. The third-order valence-corrected chi connectivity index (χ3v) is 6.41. The Morgan fingerprint density at radius 2 is 2.00 bits per heavy atom. The summed E-state index contributed by atoms with van der Waals surface area (Å²) in [5.74, 6) is -0.722. The van der Waals surface area contributed by atoms with Crippen molar-refractivity contribution in [3.8, 4) is 11.1 Å². The second kappa shape index (κ2) is 10.7. The van der Waals surface area contributed by atoms with Crippen molar-refractivity contribution >= 4 is 40.3 Å². The van der Waals surface area contributed by atoms with Crippen LogP contribution in [0, 0.1) is 0 Å². The number of furan rings is 1. The molecule has 10 heteroatoms. The molecule has 1 aromatic carbocycles. The van der Waals surface area contributed by atoms with Crippen LogP contribution in [0.15, 0.2) is 28.9 Å². The van der Waals surface area contributed by atoms with Gasteiger partial charge in [0.2, 0.25) is 5.76 Å². The highest BCUT2D eigenvalue weighted by Gasteiger charge is 2.38. The number of aryl methyl sites for hydroxylation is 1. The van der Waals surface area contributed by atoms with Gasteiger partial charge in [-0.15, -0.1) is 0 Å². The molecule has 0 bridgehead atoms. The molecule has 3 heterocycles. The zero-order valence-electron chi connectivity index (χ0n) is 20.4. The predicted molar refractivity (Wildman–Crippen MR) is 132 cm³/mol. The molecule has 35 heavy (non-hydrogen) atoms. The van der Waals surface area contributed by atoms with E-state index >= 15 is 0 Å². The number of carbonyl (C=O) groups excluding carboxylic acids is 2. The van der Waals surface area contributed by atoms with Crippen LogP contribution >= 0.6 is 11.6 Å². The number of amides is 1. The van der Waals surface area contributed by atoms with E-state index in [-0.39, 0.29) is 31.1 Å². The Hall–Kier alpha value is -3.04. The van der Waals surface area contributed by atoms with E-state index in [1.165, 1.54) is 4.90 Å². The molecular formula is C25H30ClN3O6. The lowest BCUT2D eigenvalue weighted by Gasteiger charge is -2.36. The van der Waals surface area contributed by atoms with Crippen LogP contribution in [0.1, 0.15) is 50.6 Å². The van der Waals surface area contributed by atoms with E-state index in [0.29, 0.717) is 46.7 Å². The summed E-state index contributed by atoms with van der Waals surface area (Å²) in [6, 6.07) is 3.21. The van der Waals surface area contributed by atoms with Gasteiger partial charge in [-0.25, -0.2) is 9.59 Å². The van der Waals surface area contributed by atoms with Gasteiger partial charge < -0.3 is 18.6 Å². The molecule has 1 aliphatic rings. The largest absolute Gasteiger partial charge is 0.460 e. The van der Waals surface area contributed by atoms with Gasteiger partial charge >= 0.3 is 12.1 Å². The summed E-state index contributed by atoms with van der Waals surface area (Å²) in [5.41, 5.74) is 2.19. The number of nitrogens with zero attached hydrogens (tertiary/aromatic N) is 3. The number of anilines is 1. The Kier molecular flexibility index (Phi) is 7.66. The van der Waals surface area contributed by atoms with Crippen LogP contribution in [0.3, 0.4) is 0 Å². The van der Waals surface area contributed by atoms with Crippen LogP contribution in [0.25, 0.3) is 22.1 Å². The minimum atomic E-state index is -0.661. The number of hydrogen-bond acceptors (Lipinski definition) is 7. The number of hydrogen-bond donors (Lipinski definition) is 0. The molecule has 0 saturated carbocycles. The van der Waals surface area contributed by atoms with E-state index in [0.717, 1.165) is 12.0 Å². The number of halogens is 1. The first-order valence-electron chi connectivity index (χ1n) is 11.9. The van der Waals surface area contributed by atoms with Crippen molar-refractivity contribution in [3.05, 3.63) is 35.3 Å². The van der Waals surface area contributed by atoms with Crippen molar-refractivity contribution in [3.63, 3.8) is 0 Å². The number of esters is 1. The Labute approximate surface area is 208 Å². The molecule has 2 aromatic heterocycles. The highest BCUT2D eigenvalue weighted by Crippen LogP contribution is 2.42. The smallest absolute Gasteiger partial charge is 0.414 e. The maximum Gasteiger partial charge on any atom is 0.414 e. The van der Waals surface area contributed by atoms with Gasteiger partial charge in [-0.2, -0.15) is 5.10 Å². The van der Waals surface area contributed by atoms with Crippen molar-refractivity contribution in [1.82, 2.24) is 9.78 Å². The van der Waals surface area contributed by atoms with Gasteiger partial charge in [0.05, 0.1) is 30.5 Å². The molecule has 2 atom stereocenters. The molecule has 0 spiro atoms. The van der Waals surface area contributed by atoms with Gasteiger partial charge in [0, 0.05) is 48.5 Å². The summed E-state index contributed by atoms with van der Waals surface area (Å²) in [6.45, 7) is 6.34. The SMILES string of the molecule is CCOC(=O)c1oc2cc(Cl)c(-c3cnn(C)c3)cc2c1N(C(=O)OCC)[C@H]1CCO[C@@H](CC)C1. The second-order valence-corrected chi connectivity index (χ2v) is 8.79. The van der Waals surface area contributed by atoms with E-state index in [4.69, 9.17) is 30.2 Å². The Morgan fingerprint density at radius 1 is 1.23 bits per heavy atom. The zero-order valence-corrected chi connectivity index (χ0v) is 21.1. The first kappa shape index (κ1) is 25.1. The lowest BCUT2D eigenvalue weighted by Crippen LogP contribution is -2.46. The summed E-state index contributed by atoms with van der Waals surface area (Å²) >= 11 is 6.59. The molecular weight excluding hydrogens is 474 g/mol. The zero-order chi connectivity index (χ0) is 25.1. The van der Waals surface area contributed by atoms with Crippen molar-refractivity contribution in [2.24, 2.45) is 7.05 Å². The molecule has 9 nitrogen and oxygen atoms in total. The predicted octanol–water partition coefficient (Wildman–Crippen LogP) is 5.58. The third kappa shape index (κ3) is 5.01. The first-order valence-corrected chi connectivity index (χ1v) is 12.2. The van der Waals surface area contributed by atoms with E-state index < -0.39 is 12.1 Å². The highest BCUT2D eigenvalue weighted by molar-refractivity contribution is 6.34. The van der Waals surface area contributed by atoms with Crippen molar-refractivity contribution in [2.45, 2.75) is 52.2 Å². The minimum Gasteiger partial charge on any atom is -0.460 e. The van der Waals surface area contributed by atoms with Gasteiger partial charge in [0.15, 0.2) is 0 Å². The first-order chi connectivity index (χ1) is 16.9. The van der Waals surface area contributed by atoms with Gasteiger partial charge in [0.25, 0.3) is 0 Å². The number of fused-ring (bicyclic) bond motifs is 1. The Morgan fingerprint density at radius 3 is 2.66 bits per heavy atom. The number of ether oxygens (including phenoxy) is 3. The average Bonchev–Trinajstić information content (AvgIpc) is 3.43. The van der Waals surface area contributed by atoms with Crippen LogP contribution in [0.2, 0.25) is 5.02 Å². The number of carbonyl (C=O) groups is 2. The normalized spacial score (nSPS) is 18.0. The van der Waals surface area contributed by atoms with Gasteiger partial charge in [-0.1, -0.05) is 18.5 Å². The monoisotopic (exact) mass is 503 g/mol. The van der Waals surface area contributed by atoms with E-state index in [2.05, 4.69) is 5.10 Å². The van der Waals surface area contributed by atoms with E-state index in [1.54, 1.807) is 30.8 Å². The highest BCUT2D eigenvalue weighted by atomic mass is 35.5. The second-order valence-electron chi connectivity index (χ2n) is 8.38. The average molecular weight is 504 g/mol. The molecule has 3 aromatic rings. The summed E-state index contributed by atoms with van der Waals surface area (Å²) < 4.78 is 24.2. The lowest BCUT2D eigenvalue weighted by atomic mass is 9.98. The summed E-state index contributed by atoms with van der Waals surface area (Å²) in [7, 11) is 1.82. The maximum absolute atomic E-state index is 13.4. The Bertz CT molecular complexity index is 1220. The lowest BCUT2D eigenvalue weighted by molar-refractivity contribution is 0.00465. The Balaban J connectivity index is 1.94. The fraction of sp³-hybridized carbons (Fsp3) is 0.480. The van der Waals surface area contributed by atoms with E-state index in [9.17, 15) is 9.59 Å². The molecule has 0 N–H and O–H groups in total. The van der Waals surface area contributed by atoms with Gasteiger partial charge in [-0.3, -0.25) is 9.58 Å². The molecule has 1 aliphatic heterocycles. The molecule has 0 aliphatic carbocycles. The van der Waals surface area contributed by atoms with E-state index in [1.807, 2.05) is 26.2 Å². The molecule has 0 unspecified atom stereocenters. The fourth-order valence-corrected chi connectivity index (χ4v) is 4.72. The summed E-state index contributed by atoms with van der Waals surface area (Å²) in [4.78, 5) is 27.9. The summed E-state index contributed by atoms with van der Waals surface area (Å²) in [6.07, 6.45) is 4.99. The minimum absolute atomic E-state index is 0.00437. The van der Waals surface area contributed by atoms with Crippen LogP contribution in [-0.4, -0.2) is 53.8 Å². The summed E-state index contributed by atoms with van der Waals surface area (Å²) in [5, 5.41) is 5.23. The molecule has 1 saturated heterocycles. The van der Waals surface area contributed by atoms with Gasteiger partial charge in [0.1, 0.15) is 11.3 Å². The number of benzene rings is 1. The molecule has 0 radical (unpaired) electrons. The van der Waals surface area contributed by atoms with Crippen LogP contribution in [-0.2, 0) is 21.3 Å². The van der Waals surface area contributed by atoms with Crippen molar-refractivity contribution in [1.29, 1.82) is 0 Å². The third-order valence-electron chi connectivity index (χ3n) is 6.09. The quantitative estimate of drug-likeness (QED) is 0.388.